The minimum atomic E-state index is -0.527. The molecule has 0 radical (unpaired) electrons. The van der Waals surface area contributed by atoms with Crippen LogP contribution < -0.4 is 15.2 Å². The van der Waals surface area contributed by atoms with Crippen LogP contribution in [-0.4, -0.2) is 36.5 Å². The van der Waals surface area contributed by atoms with Crippen LogP contribution in [0.4, 0.5) is 0 Å². The molecule has 0 spiro atoms. The quantitative estimate of drug-likeness (QED) is 0.789. The number of primary amides is 1. The number of carbonyl (C=O) groups is 2. The number of amides is 2. The van der Waals surface area contributed by atoms with E-state index in [0.29, 0.717) is 17.9 Å². The first-order valence-corrected chi connectivity index (χ1v) is 8.52. The van der Waals surface area contributed by atoms with Crippen LogP contribution in [0.2, 0.25) is 0 Å². The summed E-state index contributed by atoms with van der Waals surface area (Å²) in [6.07, 6.45) is 2.03. The van der Waals surface area contributed by atoms with Gasteiger partial charge < -0.3 is 20.1 Å². The smallest absolute Gasteiger partial charge is 0.261 e. The number of hydrogen-bond donors (Lipinski definition) is 1. The van der Waals surface area contributed by atoms with Gasteiger partial charge in [0.05, 0.1) is 7.11 Å². The molecule has 2 N–H and O–H groups in total. The maximum atomic E-state index is 12.6. The second-order valence-electron chi connectivity index (χ2n) is 6.28. The number of nitrogens with zero attached hydrogens (tertiary/aromatic N) is 1. The Morgan fingerprint density at radius 3 is 2.46 bits per heavy atom. The fraction of sp³-hybridized carbons (Fsp3) is 0.300. The van der Waals surface area contributed by atoms with Crippen molar-refractivity contribution in [2.24, 2.45) is 5.73 Å². The number of hydrogen-bond acceptors (Lipinski definition) is 4. The maximum Gasteiger partial charge on any atom is 0.261 e. The van der Waals surface area contributed by atoms with Crippen LogP contribution in [0.3, 0.4) is 0 Å². The zero-order valence-electron chi connectivity index (χ0n) is 14.7. The molecule has 26 heavy (non-hydrogen) atoms. The van der Waals surface area contributed by atoms with Crippen LogP contribution in [0.5, 0.6) is 11.5 Å². The Morgan fingerprint density at radius 2 is 1.85 bits per heavy atom. The average Bonchev–Trinajstić information content (AvgIpc) is 3.50. The van der Waals surface area contributed by atoms with Crippen molar-refractivity contribution >= 4 is 11.8 Å². The van der Waals surface area contributed by atoms with Gasteiger partial charge in [0.25, 0.3) is 5.91 Å². The summed E-state index contributed by atoms with van der Waals surface area (Å²) in [5.41, 5.74) is 6.66. The number of rotatable bonds is 8. The molecule has 0 bridgehead atoms. The van der Waals surface area contributed by atoms with Crippen molar-refractivity contribution in [2.75, 3.05) is 13.7 Å². The summed E-state index contributed by atoms with van der Waals surface area (Å²) in [5, 5.41) is 0. The van der Waals surface area contributed by atoms with Gasteiger partial charge in [0.1, 0.15) is 11.5 Å². The standard InChI is InChI=1S/C20H22N2O4/c1-25-17-9-5-14(6-10-17)12-22(16-7-8-16)19(23)13-26-18-4-2-3-15(11-18)20(21)24/h2-6,9-11,16H,7-8,12-13H2,1H3,(H2,21,24). The normalized spacial score (nSPS) is 13.1. The van der Waals surface area contributed by atoms with Crippen molar-refractivity contribution in [1.82, 2.24) is 4.90 Å². The van der Waals surface area contributed by atoms with E-state index in [4.69, 9.17) is 15.2 Å². The van der Waals surface area contributed by atoms with Gasteiger partial charge in [0.2, 0.25) is 5.91 Å². The molecule has 6 heteroatoms. The Balaban J connectivity index is 1.62. The predicted octanol–water partition coefficient (Wildman–Crippen LogP) is 2.36. The van der Waals surface area contributed by atoms with Crippen molar-refractivity contribution < 1.29 is 19.1 Å². The van der Waals surface area contributed by atoms with Crippen LogP contribution >= 0.6 is 0 Å². The van der Waals surface area contributed by atoms with E-state index in [-0.39, 0.29) is 18.6 Å². The van der Waals surface area contributed by atoms with E-state index in [0.717, 1.165) is 24.2 Å². The molecule has 1 fully saturated rings. The lowest BCUT2D eigenvalue weighted by molar-refractivity contribution is -0.134. The van der Waals surface area contributed by atoms with Crippen molar-refractivity contribution in [3.63, 3.8) is 0 Å². The lowest BCUT2D eigenvalue weighted by Gasteiger charge is -2.23. The molecule has 3 rings (SSSR count). The van der Waals surface area contributed by atoms with Crippen molar-refractivity contribution in [1.29, 1.82) is 0 Å². The largest absolute Gasteiger partial charge is 0.497 e. The summed E-state index contributed by atoms with van der Waals surface area (Å²) in [6, 6.07) is 14.5. The second kappa shape index (κ2) is 7.91. The Hall–Kier alpha value is -3.02. The first-order valence-electron chi connectivity index (χ1n) is 8.52. The third kappa shape index (κ3) is 4.53. The Morgan fingerprint density at radius 1 is 1.12 bits per heavy atom. The van der Waals surface area contributed by atoms with Crippen LogP contribution in [0, 0.1) is 0 Å². The molecule has 0 unspecified atom stereocenters. The predicted molar refractivity (Wildman–Crippen MR) is 97.0 cm³/mol. The molecule has 1 saturated carbocycles. The number of methoxy groups -OCH3 is 1. The van der Waals surface area contributed by atoms with Gasteiger partial charge in [-0.2, -0.15) is 0 Å². The van der Waals surface area contributed by atoms with E-state index < -0.39 is 5.91 Å². The molecular formula is C20H22N2O4. The van der Waals surface area contributed by atoms with Gasteiger partial charge >= 0.3 is 0 Å². The number of nitrogens with two attached hydrogens (primary N) is 1. The average molecular weight is 354 g/mol. The molecule has 0 atom stereocenters. The third-order valence-corrected chi connectivity index (χ3v) is 4.30. The molecule has 0 aromatic heterocycles. The van der Waals surface area contributed by atoms with E-state index in [9.17, 15) is 9.59 Å². The SMILES string of the molecule is COc1ccc(CN(C(=O)COc2cccc(C(N)=O)c2)C2CC2)cc1. The molecule has 2 amide bonds. The summed E-state index contributed by atoms with van der Waals surface area (Å²) in [7, 11) is 1.62. The lowest BCUT2D eigenvalue weighted by Crippen LogP contribution is -2.36. The van der Waals surface area contributed by atoms with Crippen LogP contribution in [0.15, 0.2) is 48.5 Å². The Labute approximate surface area is 152 Å². The monoisotopic (exact) mass is 354 g/mol. The molecular weight excluding hydrogens is 332 g/mol. The second-order valence-corrected chi connectivity index (χ2v) is 6.28. The molecule has 0 heterocycles. The van der Waals surface area contributed by atoms with E-state index in [1.807, 2.05) is 29.2 Å². The highest BCUT2D eigenvalue weighted by Crippen LogP contribution is 2.29. The molecule has 136 valence electrons. The first kappa shape index (κ1) is 17.8. The first-order chi connectivity index (χ1) is 12.6. The molecule has 1 aliphatic carbocycles. The molecule has 2 aromatic rings. The highest BCUT2D eigenvalue weighted by molar-refractivity contribution is 5.93. The van der Waals surface area contributed by atoms with Crippen LogP contribution in [-0.2, 0) is 11.3 Å². The molecule has 1 aliphatic rings. The fourth-order valence-corrected chi connectivity index (χ4v) is 2.70. The van der Waals surface area contributed by atoms with Gasteiger partial charge in [0.15, 0.2) is 6.61 Å². The van der Waals surface area contributed by atoms with Gasteiger partial charge in [-0.3, -0.25) is 9.59 Å². The summed E-state index contributed by atoms with van der Waals surface area (Å²) >= 11 is 0. The maximum absolute atomic E-state index is 12.6. The van der Waals surface area contributed by atoms with E-state index in [2.05, 4.69) is 0 Å². The van der Waals surface area contributed by atoms with E-state index in [1.54, 1.807) is 31.4 Å². The molecule has 0 aliphatic heterocycles. The van der Waals surface area contributed by atoms with Crippen molar-refractivity contribution in [3.05, 3.63) is 59.7 Å². The number of carbonyl (C=O) groups excluding carboxylic acids is 2. The summed E-state index contributed by atoms with van der Waals surface area (Å²) in [6.45, 7) is 0.465. The van der Waals surface area contributed by atoms with Gasteiger partial charge in [0, 0.05) is 18.2 Å². The third-order valence-electron chi connectivity index (χ3n) is 4.30. The van der Waals surface area contributed by atoms with E-state index in [1.165, 1.54) is 0 Å². The van der Waals surface area contributed by atoms with Crippen LogP contribution in [0.25, 0.3) is 0 Å². The van der Waals surface area contributed by atoms with Crippen molar-refractivity contribution in [3.8, 4) is 11.5 Å². The lowest BCUT2D eigenvalue weighted by atomic mass is 10.2. The highest BCUT2D eigenvalue weighted by Gasteiger charge is 2.32. The molecule has 2 aromatic carbocycles. The molecule has 0 saturated heterocycles. The zero-order valence-corrected chi connectivity index (χ0v) is 14.7. The topological polar surface area (TPSA) is 81.9 Å². The van der Waals surface area contributed by atoms with Gasteiger partial charge in [-0.15, -0.1) is 0 Å². The van der Waals surface area contributed by atoms with Crippen LogP contribution in [0.1, 0.15) is 28.8 Å². The zero-order chi connectivity index (χ0) is 18.5. The summed E-state index contributed by atoms with van der Waals surface area (Å²) in [5.74, 6) is 0.638. The summed E-state index contributed by atoms with van der Waals surface area (Å²) < 4.78 is 10.7. The van der Waals surface area contributed by atoms with Gasteiger partial charge in [-0.25, -0.2) is 0 Å². The Bertz CT molecular complexity index is 785. The minimum Gasteiger partial charge on any atom is -0.497 e. The number of ether oxygens (including phenoxy) is 2. The van der Waals surface area contributed by atoms with Gasteiger partial charge in [-0.1, -0.05) is 18.2 Å². The van der Waals surface area contributed by atoms with Crippen molar-refractivity contribution in [2.45, 2.75) is 25.4 Å². The highest BCUT2D eigenvalue weighted by atomic mass is 16.5. The number of benzene rings is 2. The van der Waals surface area contributed by atoms with E-state index >= 15 is 0 Å². The Kier molecular flexibility index (Phi) is 5.41. The minimum absolute atomic E-state index is 0.0745. The van der Waals surface area contributed by atoms with Gasteiger partial charge in [-0.05, 0) is 48.7 Å². The fourth-order valence-electron chi connectivity index (χ4n) is 2.70. The molecule has 6 nitrogen and oxygen atoms in total. The summed E-state index contributed by atoms with van der Waals surface area (Å²) in [4.78, 5) is 25.7.